The van der Waals surface area contributed by atoms with E-state index < -0.39 is 41.0 Å². The van der Waals surface area contributed by atoms with Crippen LogP contribution < -0.4 is 11.2 Å². The summed E-state index contributed by atoms with van der Waals surface area (Å²) in [5.74, 6) is 3.17. The Labute approximate surface area is 164 Å². The molecule has 1 atom stereocenters. The number of urea groups is 1. The first kappa shape index (κ1) is 23.6. The lowest BCUT2D eigenvalue weighted by molar-refractivity contribution is -0.139. The lowest BCUT2D eigenvalue weighted by atomic mass is 9.96. The van der Waals surface area contributed by atoms with Crippen LogP contribution in [0.5, 0.6) is 0 Å². The molecular formula is C18H19ClF5N3O. The fraction of sp³-hybridized carbons (Fsp3) is 0.278. The van der Waals surface area contributed by atoms with Crippen molar-refractivity contribution in [2.45, 2.75) is 26.1 Å². The van der Waals surface area contributed by atoms with E-state index in [1.807, 2.05) is 0 Å². The number of rotatable bonds is 4. The molecule has 0 saturated heterocycles. The molecule has 0 aromatic heterocycles. The normalized spacial score (nSPS) is 12.1. The van der Waals surface area contributed by atoms with E-state index in [9.17, 15) is 26.7 Å². The van der Waals surface area contributed by atoms with Gasteiger partial charge < -0.3 is 5.32 Å². The summed E-state index contributed by atoms with van der Waals surface area (Å²) < 4.78 is 67.7. The van der Waals surface area contributed by atoms with Crippen LogP contribution in [-0.2, 0) is 6.18 Å². The summed E-state index contributed by atoms with van der Waals surface area (Å²) >= 11 is 0. The van der Waals surface area contributed by atoms with Gasteiger partial charge in [0.2, 0.25) is 0 Å². The highest BCUT2D eigenvalue weighted by molar-refractivity contribution is 5.85. The van der Waals surface area contributed by atoms with Crippen molar-refractivity contribution in [3.05, 3.63) is 59.2 Å². The van der Waals surface area contributed by atoms with Gasteiger partial charge >= 0.3 is 12.2 Å². The second-order valence-electron chi connectivity index (χ2n) is 5.85. The molecule has 0 heterocycles. The maximum Gasteiger partial charge on any atom is 0.419 e. The van der Waals surface area contributed by atoms with Gasteiger partial charge in [0.25, 0.3) is 0 Å². The molecule has 2 aromatic carbocycles. The molecule has 3 N–H and O–H groups in total. The van der Waals surface area contributed by atoms with Gasteiger partial charge in [0.1, 0.15) is 11.6 Å². The second-order valence-corrected chi connectivity index (χ2v) is 5.85. The maximum atomic E-state index is 14.5. The predicted octanol–water partition coefficient (Wildman–Crippen LogP) is 5.04. The average Bonchev–Trinajstić information content (AvgIpc) is 2.59. The van der Waals surface area contributed by atoms with Crippen molar-refractivity contribution < 1.29 is 26.7 Å². The Morgan fingerprint density at radius 1 is 1.18 bits per heavy atom. The summed E-state index contributed by atoms with van der Waals surface area (Å²) in [5.41, 5.74) is -2.00. The van der Waals surface area contributed by atoms with Crippen LogP contribution in [0.1, 0.15) is 31.0 Å². The number of nitrogens with zero attached hydrogens (tertiary/aromatic N) is 1. The Bertz CT molecular complexity index is 844. The van der Waals surface area contributed by atoms with Gasteiger partial charge in [-0.05, 0) is 37.1 Å². The summed E-state index contributed by atoms with van der Waals surface area (Å²) in [6.07, 6.45) is -4.93. The molecule has 10 heteroatoms. The molecular weight excluding hydrogens is 405 g/mol. The highest BCUT2D eigenvalue weighted by atomic mass is 35.5. The zero-order chi connectivity index (χ0) is 20.4. The second kappa shape index (κ2) is 9.20. The fourth-order valence-corrected chi connectivity index (χ4v) is 2.59. The lowest BCUT2D eigenvalue weighted by Crippen LogP contribution is -2.45. The van der Waals surface area contributed by atoms with Crippen LogP contribution in [-0.4, -0.2) is 17.6 Å². The van der Waals surface area contributed by atoms with Crippen molar-refractivity contribution in [1.82, 2.24) is 10.3 Å². The maximum absolute atomic E-state index is 14.5. The first-order chi connectivity index (χ1) is 12.6. The third-order valence-corrected chi connectivity index (χ3v) is 4.02. The summed E-state index contributed by atoms with van der Waals surface area (Å²) in [7, 11) is 0. The quantitative estimate of drug-likeness (QED) is 0.313. The molecule has 0 unspecified atom stereocenters. The van der Waals surface area contributed by atoms with Crippen molar-refractivity contribution in [2.75, 3.05) is 6.54 Å². The molecule has 0 fully saturated rings. The van der Waals surface area contributed by atoms with E-state index in [1.165, 1.54) is 19.1 Å². The molecule has 0 spiro atoms. The van der Waals surface area contributed by atoms with Gasteiger partial charge in [0.05, 0.1) is 11.6 Å². The number of nitrogens with one attached hydrogen (secondary N) is 1. The number of alkyl halides is 3. The summed E-state index contributed by atoms with van der Waals surface area (Å²) in [6.45, 7) is 3.39. The van der Waals surface area contributed by atoms with Crippen molar-refractivity contribution >= 4 is 18.4 Å². The number of hydrazine groups is 1. The monoisotopic (exact) mass is 423 g/mol. The van der Waals surface area contributed by atoms with Crippen molar-refractivity contribution in [2.24, 2.45) is 5.84 Å². The molecule has 0 aliphatic carbocycles. The zero-order valence-corrected chi connectivity index (χ0v) is 15.8. The van der Waals surface area contributed by atoms with E-state index in [-0.39, 0.29) is 30.1 Å². The third kappa shape index (κ3) is 5.11. The summed E-state index contributed by atoms with van der Waals surface area (Å²) in [6, 6.07) is 4.84. The minimum atomic E-state index is -4.93. The Balaban J connectivity index is 0.00000392. The number of halogens is 6. The van der Waals surface area contributed by atoms with E-state index in [2.05, 4.69) is 5.32 Å². The van der Waals surface area contributed by atoms with Gasteiger partial charge in [-0.2, -0.15) is 13.2 Å². The molecule has 0 aliphatic heterocycles. The number of nitrogens with two attached hydrogens (primary N) is 1. The van der Waals surface area contributed by atoms with Crippen LogP contribution in [0.15, 0.2) is 36.4 Å². The van der Waals surface area contributed by atoms with Crippen LogP contribution >= 0.6 is 12.4 Å². The number of hydrogen-bond donors (Lipinski definition) is 2. The SMILES string of the molecule is CCN(N)C(=O)N[C@H](C)c1ccc(-c2cccc(F)c2C(F)(F)F)cc1F.Cl. The van der Waals surface area contributed by atoms with Crippen LogP contribution in [0, 0.1) is 11.6 Å². The van der Waals surface area contributed by atoms with Gasteiger partial charge in [-0.25, -0.2) is 19.4 Å². The number of benzene rings is 2. The van der Waals surface area contributed by atoms with Gasteiger partial charge in [-0.3, -0.25) is 5.01 Å². The molecule has 4 nitrogen and oxygen atoms in total. The van der Waals surface area contributed by atoms with Gasteiger partial charge in [0, 0.05) is 12.1 Å². The van der Waals surface area contributed by atoms with E-state index in [4.69, 9.17) is 5.84 Å². The molecule has 154 valence electrons. The Kier molecular flexibility index (Phi) is 7.77. The predicted molar refractivity (Wildman–Crippen MR) is 97.6 cm³/mol. The largest absolute Gasteiger partial charge is 0.419 e. The number of carbonyl (C=O) groups excluding carboxylic acids is 1. The van der Waals surface area contributed by atoms with E-state index in [0.29, 0.717) is 6.07 Å². The fourth-order valence-electron chi connectivity index (χ4n) is 2.59. The van der Waals surface area contributed by atoms with Gasteiger partial charge in [-0.1, -0.05) is 24.3 Å². The third-order valence-electron chi connectivity index (χ3n) is 4.02. The summed E-state index contributed by atoms with van der Waals surface area (Å²) in [5, 5.41) is 3.37. The first-order valence-electron chi connectivity index (χ1n) is 8.04. The van der Waals surface area contributed by atoms with E-state index in [1.54, 1.807) is 6.92 Å². The van der Waals surface area contributed by atoms with Crippen LogP contribution in [0.25, 0.3) is 11.1 Å². The van der Waals surface area contributed by atoms with Crippen molar-refractivity contribution in [1.29, 1.82) is 0 Å². The van der Waals surface area contributed by atoms with Crippen molar-refractivity contribution in [3.63, 3.8) is 0 Å². The molecule has 0 saturated carbocycles. The van der Waals surface area contributed by atoms with Gasteiger partial charge in [0.15, 0.2) is 0 Å². The number of hydrogen-bond acceptors (Lipinski definition) is 2. The smallest absolute Gasteiger partial charge is 0.330 e. The molecule has 0 bridgehead atoms. The average molecular weight is 424 g/mol. The standard InChI is InChI=1S/C18H18F5N3O.ClH/c1-3-26(24)17(27)25-10(2)12-8-7-11(9-15(12)20)13-5-4-6-14(19)16(13)18(21,22)23;/h4-10H,3,24H2,1-2H3,(H,25,27);1H/t10-;/m1./s1. The van der Waals surface area contributed by atoms with E-state index in [0.717, 1.165) is 23.2 Å². The molecule has 2 rings (SSSR count). The lowest BCUT2D eigenvalue weighted by Gasteiger charge is -2.21. The zero-order valence-electron chi connectivity index (χ0n) is 15.0. The summed E-state index contributed by atoms with van der Waals surface area (Å²) in [4.78, 5) is 11.8. The Morgan fingerprint density at radius 3 is 2.36 bits per heavy atom. The Morgan fingerprint density at radius 2 is 1.82 bits per heavy atom. The van der Waals surface area contributed by atoms with Gasteiger partial charge in [-0.15, -0.1) is 12.4 Å². The molecule has 0 radical (unpaired) electrons. The molecule has 2 amide bonds. The highest BCUT2D eigenvalue weighted by Gasteiger charge is 2.37. The highest BCUT2D eigenvalue weighted by Crippen LogP contribution is 2.39. The topological polar surface area (TPSA) is 58.4 Å². The number of carbonyl (C=O) groups is 1. The molecule has 2 aromatic rings. The van der Waals surface area contributed by atoms with Crippen molar-refractivity contribution in [3.8, 4) is 11.1 Å². The minimum absolute atomic E-state index is 0. The Hall–Kier alpha value is -2.39. The first-order valence-corrected chi connectivity index (χ1v) is 8.04. The van der Waals surface area contributed by atoms with Crippen LogP contribution in [0.2, 0.25) is 0 Å². The van der Waals surface area contributed by atoms with Crippen LogP contribution in [0.3, 0.4) is 0 Å². The molecule has 0 aliphatic rings. The minimum Gasteiger partial charge on any atom is -0.330 e. The van der Waals surface area contributed by atoms with E-state index >= 15 is 0 Å². The molecule has 28 heavy (non-hydrogen) atoms. The number of amides is 2. The van der Waals surface area contributed by atoms with Crippen LogP contribution in [0.4, 0.5) is 26.7 Å².